The fourth-order valence-electron chi connectivity index (χ4n) is 3.86. The first-order valence-electron chi connectivity index (χ1n) is 7.79. The van der Waals surface area contributed by atoms with Crippen LogP contribution in [0.4, 0.5) is 0 Å². The van der Waals surface area contributed by atoms with Gasteiger partial charge in [-0.25, -0.2) is 0 Å². The maximum Gasteiger partial charge on any atom is 0.277 e. The minimum atomic E-state index is -1.15. The number of hydrogen-bond acceptors (Lipinski definition) is 3. The molecule has 0 saturated heterocycles. The summed E-state index contributed by atoms with van der Waals surface area (Å²) in [6.07, 6.45) is 5.30. The third kappa shape index (κ3) is 1.75. The summed E-state index contributed by atoms with van der Waals surface area (Å²) in [7, 11) is 0. The highest BCUT2D eigenvalue weighted by Gasteiger charge is 2.52. The van der Waals surface area contributed by atoms with E-state index >= 15 is 0 Å². The van der Waals surface area contributed by atoms with E-state index in [0.717, 1.165) is 35.9 Å². The first-order valence-corrected chi connectivity index (χ1v) is 7.79. The summed E-state index contributed by atoms with van der Waals surface area (Å²) >= 11 is 0. The van der Waals surface area contributed by atoms with Crippen molar-refractivity contribution in [3.8, 4) is 0 Å². The molecule has 2 atom stereocenters. The van der Waals surface area contributed by atoms with E-state index in [1.807, 2.05) is 31.3 Å². The predicted molar refractivity (Wildman–Crippen MR) is 84.5 cm³/mol. The number of aliphatic hydroxyl groups is 1. The number of amides is 1. The van der Waals surface area contributed by atoms with Crippen LogP contribution in [0.15, 0.2) is 35.6 Å². The Morgan fingerprint density at radius 3 is 3.14 bits per heavy atom. The number of rotatable bonds is 1. The van der Waals surface area contributed by atoms with Gasteiger partial charge < -0.3 is 10.1 Å². The van der Waals surface area contributed by atoms with Gasteiger partial charge in [0.1, 0.15) is 0 Å². The minimum Gasteiger partial charge on any atom is -0.368 e. The minimum absolute atomic E-state index is 0.0318. The quantitative estimate of drug-likeness (QED) is 0.849. The van der Waals surface area contributed by atoms with Crippen molar-refractivity contribution in [2.45, 2.75) is 38.3 Å². The molecule has 1 aliphatic heterocycles. The summed E-state index contributed by atoms with van der Waals surface area (Å²) < 4.78 is 0. The van der Waals surface area contributed by atoms with Crippen molar-refractivity contribution in [3.05, 3.63) is 36.0 Å². The lowest BCUT2D eigenvalue weighted by Crippen LogP contribution is -2.52. The molecule has 5 nitrogen and oxygen atoms in total. The van der Waals surface area contributed by atoms with E-state index in [4.69, 9.17) is 0 Å². The number of fused-ring (bicyclic) bond motifs is 2. The molecule has 2 heterocycles. The zero-order valence-corrected chi connectivity index (χ0v) is 12.5. The van der Waals surface area contributed by atoms with Crippen molar-refractivity contribution in [2.24, 2.45) is 11.0 Å². The highest BCUT2D eigenvalue weighted by Crippen LogP contribution is 2.42. The average Bonchev–Trinajstić information content (AvgIpc) is 3.09. The molecule has 1 saturated carbocycles. The van der Waals surface area contributed by atoms with Gasteiger partial charge in [-0.15, -0.1) is 0 Å². The Kier molecular flexibility index (Phi) is 2.87. The second-order valence-electron chi connectivity index (χ2n) is 6.28. The second kappa shape index (κ2) is 4.68. The number of benzene rings is 1. The van der Waals surface area contributed by atoms with Crippen molar-refractivity contribution in [2.75, 3.05) is 0 Å². The average molecular weight is 297 g/mol. The van der Waals surface area contributed by atoms with Gasteiger partial charge in [-0.05, 0) is 44.4 Å². The number of nitrogens with zero attached hydrogens (tertiary/aromatic N) is 2. The molecule has 2 aliphatic rings. The van der Waals surface area contributed by atoms with Gasteiger partial charge in [0.25, 0.3) is 5.91 Å². The van der Waals surface area contributed by atoms with Gasteiger partial charge in [-0.3, -0.25) is 4.79 Å². The van der Waals surface area contributed by atoms with Crippen LogP contribution in [0.25, 0.3) is 10.9 Å². The van der Waals surface area contributed by atoms with Gasteiger partial charge >= 0.3 is 0 Å². The largest absolute Gasteiger partial charge is 0.368 e. The van der Waals surface area contributed by atoms with Gasteiger partial charge in [-0.1, -0.05) is 12.5 Å². The summed E-state index contributed by atoms with van der Waals surface area (Å²) in [5.74, 6) is -0.257. The number of hydrogen-bond donors (Lipinski definition) is 2. The van der Waals surface area contributed by atoms with Crippen LogP contribution < -0.4 is 0 Å². The lowest BCUT2D eigenvalue weighted by molar-refractivity contribution is -0.116. The van der Waals surface area contributed by atoms with E-state index in [0.29, 0.717) is 12.0 Å². The van der Waals surface area contributed by atoms with Crippen LogP contribution in [-0.4, -0.2) is 32.4 Å². The Morgan fingerprint density at radius 1 is 1.41 bits per heavy atom. The summed E-state index contributed by atoms with van der Waals surface area (Å²) in [6.45, 7) is 1.91. The molecule has 1 fully saturated rings. The Labute approximate surface area is 128 Å². The number of carbonyl (C=O) groups is 1. The van der Waals surface area contributed by atoms with Gasteiger partial charge in [0.05, 0.1) is 5.56 Å². The number of carbonyl (C=O) groups excluding carboxylic acids is 1. The standard InChI is InChI=1S/C17H19N3O2/c1-11-14-6-2-3-9-17(14,22)20(19-11)16(21)13-5-4-7-15-12(13)8-10-18-15/h4-5,7-8,10,14,18,22H,2-3,6,9H2,1H3. The highest BCUT2D eigenvalue weighted by molar-refractivity contribution is 6.07. The summed E-state index contributed by atoms with van der Waals surface area (Å²) in [6, 6.07) is 7.46. The predicted octanol–water partition coefficient (Wildman–Crippen LogP) is 2.88. The van der Waals surface area contributed by atoms with Crippen molar-refractivity contribution < 1.29 is 9.90 Å². The van der Waals surface area contributed by atoms with Crippen LogP contribution in [0.3, 0.4) is 0 Å². The molecule has 114 valence electrons. The normalized spacial score (nSPS) is 27.8. The first kappa shape index (κ1) is 13.5. The van der Waals surface area contributed by atoms with Crippen LogP contribution in [0.2, 0.25) is 0 Å². The Balaban J connectivity index is 1.78. The summed E-state index contributed by atoms with van der Waals surface area (Å²) in [4.78, 5) is 16.1. The van der Waals surface area contributed by atoms with Crippen molar-refractivity contribution in [1.29, 1.82) is 0 Å². The molecule has 1 amide bonds. The highest BCUT2D eigenvalue weighted by atomic mass is 16.3. The summed E-state index contributed by atoms with van der Waals surface area (Å²) in [5.41, 5.74) is 1.20. The van der Waals surface area contributed by atoms with Crippen LogP contribution in [0.5, 0.6) is 0 Å². The zero-order chi connectivity index (χ0) is 15.3. The molecular formula is C17H19N3O2. The second-order valence-corrected chi connectivity index (χ2v) is 6.28. The van der Waals surface area contributed by atoms with Crippen LogP contribution in [0, 0.1) is 5.92 Å². The lowest BCUT2D eigenvalue weighted by atomic mass is 9.79. The van der Waals surface area contributed by atoms with E-state index < -0.39 is 5.72 Å². The third-order valence-electron chi connectivity index (χ3n) is 4.99. The van der Waals surface area contributed by atoms with Gasteiger partial charge in [-0.2, -0.15) is 10.1 Å². The Hall–Kier alpha value is -2.14. The molecule has 4 rings (SSSR count). The van der Waals surface area contributed by atoms with Crippen LogP contribution in [-0.2, 0) is 0 Å². The van der Waals surface area contributed by atoms with Crippen molar-refractivity contribution in [1.82, 2.24) is 9.99 Å². The van der Waals surface area contributed by atoms with E-state index in [2.05, 4.69) is 10.1 Å². The van der Waals surface area contributed by atoms with Gasteiger partial charge in [0, 0.05) is 28.7 Å². The van der Waals surface area contributed by atoms with Crippen LogP contribution >= 0.6 is 0 Å². The summed E-state index contributed by atoms with van der Waals surface area (Å²) in [5, 5.41) is 17.7. The molecule has 1 aromatic heterocycles. The molecule has 22 heavy (non-hydrogen) atoms. The van der Waals surface area contributed by atoms with E-state index in [9.17, 15) is 9.90 Å². The topological polar surface area (TPSA) is 68.7 Å². The van der Waals surface area contributed by atoms with Crippen molar-refractivity contribution in [3.63, 3.8) is 0 Å². The fourth-order valence-corrected chi connectivity index (χ4v) is 3.86. The molecule has 5 heteroatoms. The molecule has 2 N–H and O–H groups in total. The van der Waals surface area contributed by atoms with Crippen molar-refractivity contribution >= 4 is 22.5 Å². The molecule has 2 unspecified atom stereocenters. The number of aromatic nitrogens is 1. The molecule has 0 bridgehead atoms. The smallest absolute Gasteiger partial charge is 0.277 e. The van der Waals surface area contributed by atoms with Crippen LogP contribution in [0.1, 0.15) is 43.0 Å². The van der Waals surface area contributed by atoms with E-state index in [1.165, 1.54) is 5.01 Å². The number of nitrogens with one attached hydrogen (secondary N) is 1. The maximum absolute atomic E-state index is 13.0. The molecular weight excluding hydrogens is 278 g/mol. The molecule has 2 aromatic rings. The number of aromatic amines is 1. The molecule has 0 radical (unpaired) electrons. The SMILES string of the molecule is CC1=NN(C(=O)c2cccc3[nH]ccc23)C2(O)CCCCC12. The van der Waals surface area contributed by atoms with Gasteiger partial charge in [0.15, 0.2) is 5.72 Å². The van der Waals surface area contributed by atoms with Gasteiger partial charge in [0.2, 0.25) is 0 Å². The van der Waals surface area contributed by atoms with E-state index in [1.54, 1.807) is 6.07 Å². The first-order chi connectivity index (χ1) is 10.6. The lowest BCUT2D eigenvalue weighted by Gasteiger charge is -2.39. The molecule has 0 spiro atoms. The number of hydrazone groups is 1. The van der Waals surface area contributed by atoms with E-state index in [-0.39, 0.29) is 11.8 Å². The zero-order valence-electron chi connectivity index (χ0n) is 12.5. The molecule has 1 aliphatic carbocycles. The Bertz CT molecular complexity index is 779. The molecule has 1 aromatic carbocycles. The maximum atomic E-state index is 13.0. The third-order valence-corrected chi connectivity index (χ3v) is 4.99. The fraction of sp³-hybridized carbons (Fsp3) is 0.412. The number of H-pyrrole nitrogens is 1. The monoisotopic (exact) mass is 297 g/mol. The Morgan fingerprint density at radius 2 is 2.27 bits per heavy atom.